The van der Waals surface area contributed by atoms with Crippen molar-refractivity contribution in [3.63, 3.8) is 0 Å². The van der Waals surface area contributed by atoms with Crippen LogP contribution in [0.3, 0.4) is 0 Å². The second-order valence-corrected chi connectivity index (χ2v) is 7.11. The van der Waals surface area contributed by atoms with Crippen molar-refractivity contribution in [2.75, 3.05) is 0 Å². The summed E-state index contributed by atoms with van der Waals surface area (Å²) in [5.74, 6) is 1.66. The summed E-state index contributed by atoms with van der Waals surface area (Å²) in [7, 11) is 0. The molecule has 0 saturated heterocycles. The lowest BCUT2D eigenvalue weighted by Crippen LogP contribution is -2.04. The zero-order valence-corrected chi connectivity index (χ0v) is 18.5. The van der Waals surface area contributed by atoms with Gasteiger partial charge in [-0.25, -0.2) is 15.0 Å². The molecule has 0 aliphatic carbocycles. The van der Waals surface area contributed by atoms with Crippen LogP contribution in [0.15, 0.2) is 98.1 Å². The van der Waals surface area contributed by atoms with E-state index in [1.807, 2.05) is 68.5 Å². The Morgan fingerprint density at radius 3 is 1.87 bits per heavy atom. The van der Waals surface area contributed by atoms with E-state index in [9.17, 15) is 0 Å². The van der Waals surface area contributed by atoms with Gasteiger partial charge in [0.15, 0.2) is 17.5 Å². The van der Waals surface area contributed by atoms with Crippen molar-refractivity contribution in [3.8, 4) is 11.4 Å². The van der Waals surface area contributed by atoms with Gasteiger partial charge in [0.05, 0.1) is 0 Å². The first-order chi connectivity index (χ1) is 15.1. The molecule has 0 amide bonds. The van der Waals surface area contributed by atoms with Crippen molar-refractivity contribution in [1.82, 2.24) is 15.0 Å². The lowest BCUT2D eigenvalue weighted by molar-refractivity contribution is 1.00. The van der Waals surface area contributed by atoms with Crippen LogP contribution in [0.1, 0.15) is 31.1 Å². The number of halogens is 1. The number of aromatic nitrogens is 3. The molecule has 31 heavy (non-hydrogen) atoms. The number of hydrogen-bond acceptors (Lipinski definition) is 3. The number of rotatable bonds is 7. The minimum atomic E-state index is 0.543. The summed E-state index contributed by atoms with van der Waals surface area (Å²) < 4.78 is 0. The average Bonchev–Trinajstić information content (AvgIpc) is 2.81. The van der Waals surface area contributed by atoms with Gasteiger partial charge in [0.1, 0.15) is 0 Å². The fraction of sp³-hybridized carbons (Fsp3) is 0.0741. The van der Waals surface area contributed by atoms with E-state index >= 15 is 0 Å². The Balaban J connectivity index is 2.18. The standard InChI is InChI=1S/C27H24ClN3/c1-5-19(6-2)25-29-26(31-27(30-25)23-14-16-24(28)17-15-23)21(8-4)18-20(7-3)22-12-10-9-11-13-22/h5-18H,1,4H2,2-3H3/b19-6+,20-7+,21-18+. The van der Waals surface area contributed by atoms with Crippen LogP contribution in [0.2, 0.25) is 5.02 Å². The quantitative estimate of drug-likeness (QED) is 0.369. The Bertz CT molecular complexity index is 1170. The van der Waals surface area contributed by atoms with Gasteiger partial charge in [0.2, 0.25) is 0 Å². The van der Waals surface area contributed by atoms with Gasteiger partial charge in [0.25, 0.3) is 0 Å². The van der Waals surface area contributed by atoms with Crippen molar-refractivity contribution in [2.45, 2.75) is 13.8 Å². The second-order valence-electron chi connectivity index (χ2n) is 6.68. The lowest BCUT2D eigenvalue weighted by atomic mass is 10.0. The molecule has 0 unspecified atom stereocenters. The van der Waals surface area contributed by atoms with Crippen LogP contribution in [0, 0.1) is 0 Å². The van der Waals surface area contributed by atoms with Crippen molar-refractivity contribution in [3.05, 3.63) is 120 Å². The molecule has 1 aromatic heterocycles. The Labute approximate surface area is 188 Å². The molecule has 0 spiro atoms. The maximum absolute atomic E-state index is 6.06. The highest BCUT2D eigenvalue weighted by Gasteiger charge is 2.13. The summed E-state index contributed by atoms with van der Waals surface area (Å²) in [4.78, 5) is 14.1. The molecule has 0 N–H and O–H groups in total. The van der Waals surface area contributed by atoms with E-state index in [0.29, 0.717) is 22.5 Å². The normalized spacial score (nSPS) is 12.5. The highest BCUT2D eigenvalue weighted by atomic mass is 35.5. The second kappa shape index (κ2) is 10.5. The maximum atomic E-state index is 6.06. The van der Waals surface area contributed by atoms with Crippen LogP contribution in [-0.4, -0.2) is 15.0 Å². The van der Waals surface area contributed by atoms with E-state index in [1.165, 1.54) is 0 Å². The molecule has 0 bridgehead atoms. The lowest BCUT2D eigenvalue weighted by Gasteiger charge is -2.10. The number of nitrogens with zero attached hydrogens (tertiary/aromatic N) is 3. The zero-order valence-electron chi connectivity index (χ0n) is 17.7. The third kappa shape index (κ3) is 5.33. The summed E-state index contributed by atoms with van der Waals surface area (Å²) in [6.45, 7) is 11.8. The smallest absolute Gasteiger partial charge is 0.164 e. The van der Waals surface area contributed by atoms with E-state index in [0.717, 1.165) is 27.8 Å². The minimum Gasteiger partial charge on any atom is -0.208 e. The summed E-state index contributed by atoms with van der Waals surface area (Å²) in [5, 5.41) is 0.658. The van der Waals surface area contributed by atoms with Gasteiger partial charge in [-0.3, -0.25) is 0 Å². The van der Waals surface area contributed by atoms with Gasteiger partial charge in [-0.1, -0.05) is 79.4 Å². The van der Waals surface area contributed by atoms with Gasteiger partial charge in [0, 0.05) is 21.7 Å². The fourth-order valence-corrected chi connectivity index (χ4v) is 3.17. The van der Waals surface area contributed by atoms with Crippen molar-refractivity contribution < 1.29 is 0 Å². The van der Waals surface area contributed by atoms with Crippen LogP contribution in [-0.2, 0) is 0 Å². The molecule has 0 aliphatic rings. The summed E-state index contributed by atoms with van der Waals surface area (Å²) in [6.07, 6.45) is 9.53. The van der Waals surface area contributed by atoms with Gasteiger partial charge in [-0.2, -0.15) is 0 Å². The first kappa shape index (κ1) is 22.1. The first-order valence-corrected chi connectivity index (χ1v) is 10.3. The Morgan fingerprint density at radius 2 is 1.32 bits per heavy atom. The third-order valence-corrected chi connectivity index (χ3v) is 4.99. The molecule has 3 rings (SSSR count). The Hall–Kier alpha value is -3.56. The van der Waals surface area contributed by atoms with Crippen LogP contribution >= 0.6 is 11.6 Å². The van der Waals surface area contributed by atoms with Gasteiger partial charge in [-0.05, 0) is 55.3 Å². The van der Waals surface area contributed by atoms with Gasteiger partial charge in [-0.15, -0.1) is 0 Å². The largest absolute Gasteiger partial charge is 0.208 e. The molecule has 0 atom stereocenters. The van der Waals surface area contributed by atoms with Gasteiger partial charge >= 0.3 is 0 Å². The fourth-order valence-electron chi connectivity index (χ4n) is 3.05. The predicted molar refractivity (Wildman–Crippen MR) is 132 cm³/mol. The van der Waals surface area contributed by atoms with Gasteiger partial charge < -0.3 is 0 Å². The number of allylic oxidation sites excluding steroid dienone is 8. The van der Waals surface area contributed by atoms with Crippen LogP contribution < -0.4 is 0 Å². The van der Waals surface area contributed by atoms with Crippen molar-refractivity contribution >= 4 is 28.3 Å². The van der Waals surface area contributed by atoms with Crippen molar-refractivity contribution in [2.24, 2.45) is 0 Å². The highest BCUT2D eigenvalue weighted by molar-refractivity contribution is 6.30. The topological polar surface area (TPSA) is 38.7 Å². The molecule has 2 aromatic carbocycles. The molecule has 0 aliphatic heterocycles. The minimum absolute atomic E-state index is 0.543. The first-order valence-electron chi connectivity index (χ1n) is 9.97. The number of benzene rings is 2. The van der Waals surface area contributed by atoms with E-state index in [2.05, 4.69) is 36.4 Å². The molecule has 3 nitrogen and oxygen atoms in total. The summed E-state index contributed by atoms with van der Waals surface area (Å²) in [5.41, 5.74) is 4.65. The van der Waals surface area contributed by atoms with E-state index < -0.39 is 0 Å². The molecule has 4 heteroatoms. The average molecular weight is 426 g/mol. The predicted octanol–water partition coefficient (Wildman–Crippen LogP) is 7.45. The zero-order chi connectivity index (χ0) is 22.2. The molecular formula is C27H24ClN3. The molecule has 3 aromatic rings. The van der Waals surface area contributed by atoms with Crippen LogP contribution in [0.4, 0.5) is 0 Å². The third-order valence-electron chi connectivity index (χ3n) is 4.73. The van der Waals surface area contributed by atoms with E-state index in [1.54, 1.807) is 12.2 Å². The van der Waals surface area contributed by atoms with Crippen molar-refractivity contribution in [1.29, 1.82) is 0 Å². The van der Waals surface area contributed by atoms with Crippen LogP contribution in [0.25, 0.3) is 28.1 Å². The molecule has 154 valence electrons. The maximum Gasteiger partial charge on any atom is 0.164 e. The Kier molecular flexibility index (Phi) is 7.47. The SMILES string of the molecule is C=C/C(=C\C)c1nc(/C(C=C)=C/C(=C\C)c2ccccc2)nc(-c2ccc(Cl)cc2)n1. The molecular weight excluding hydrogens is 402 g/mol. The summed E-state index contributed by atoms with van der Waals surface area (Å²) in [6, 6.07) is 17.6. The Morgan fingerprint density at radius 1 is 0.742 bits per heavy atom. The monoisotopic (exact) mass is 425 g/mol. The van der Waals surface area contributed by atoms with E-state index in [-0.39, 0.29) is 0 Å². The molecule has 1 heterocycles. The number of hydrogen-bond donors (Lipinski definition) is 0. The molecule has 0 fully saturated rings. The van der Waals surface area contributed by atoms with Crippen LogP contribution in [0.5, 0.6) is 0 Å². The molecule has 0 radical (unpaired) electrons. The summed E-state index contributed by atoms with van der Waals surface area (Å²) >= 11 is 6.06. The van der Waals surface area contributed by atoms with E-state index in [4.69, 9.17) is 21.6 Å². The molecule has 0 saturated carbocycles. The highest BCUT2D eigenvalue weighted by Crippen LogP contribution is 2.25.